The summed E-state index contributed by atoms with van der Waals surface area (Å²) in [6, 6.07) is 3.30. The first-order chi connectivity index (χ1) is 9.74. The molecule has 0 bridgehead atoms. The largest absolute Gasteiger partial charge is 0.487 e. The smallest absolute Gasteiger partial charge is 0.311 e. The van der Waals surface area contributed by atoms with Crippen LogP contribution in [0.2, 0.25) is 0 Å². The lowest BCUT2D eigenvalue weighted by Crippen LogP contribution is -2.21. The Morgan fingerprint density at radius 2 is 2.20 bits per heavy atom. The summed E-state index contributed by atoms with van der Waals surface area (Å²) in [7, 11) is 0. The molecule has 1 saturated heterocycles. The highest BCUT2D eigenvalue weighted by Gasteiger charge is 2.22. The average Bonchev–Trinajstić information content (AvgIpc) is 2.92. The van der Waals surface area contributed by atoms with Crippen molar-refractivity contribution < 1.29 is 14.4 Å². The highest BCUT2D eigenvalue weighted by molar-refractivity contribution is 5.86. The zero-order chi connectivity index (χ0) is 13.9. The van der Waals surface area contributed by atoms with Crippen molar-refractivity contribution in [2.75, 3.05) is 19.8 Å². The van der Waals surface area contributed by atoms with Gasteiger partial charge in [0.05, 0.1) is 18.1 Å². The summed E-state index contributed by atoms with van der Waals surface area (Å²) in [6.45, 7) is 2.56. The van der Waals surface area contributed by atoms with Crippen LogP contribution in [-0.4, -0.2) is 31.0 Å². The molecule has 2 aliphatic heterocycles. The Hall–Kier alpha value is -1.95. The summed E-state index contributed by atoms with van der Waals surface area (Å²) >= 11 is 0. The van der Waals surface area contributed by atoms with E-state index in [0.717, 1.165) is 37.2 Å². The molecule has 0 amide bonds. The van der Waals surface area contributed by atoms with Crippen LogP contribution in [0.1, 0.15) is 24.0 Å². The number of nitrogens with zero attached hydrogens (tertiary/aromatic N) is 2. The number of nitro benzene ring substituents is 1. The van der Waals surface area contributed by atoms with E-state index in [1.54, 1.807) is 18.3 Å². The summed E-state index contributed by atoms with van der Waals surface area (Å²) < 4.78 is 11.0. The Bertz CT molecular complexity index is 550. The summed E-state index contributed by atoms with van der Waals surface area (Å²) in [5, 5.41) is 11.1. The maximum absolute atomic E-state index is 11.1. The first kappa shape index (κ1) is 13.1. The van der Waals surface area contributed by atoms with Crippen LogP contribution in [0.15, 0.2) is 17.1 Å². The van der Waals surface area contributed by atoms with E-state index in [1.165, 1.54) is 0 Å². The molecule has 1 fully saturated rings. The molecule has 0 aromatic heterocycles. The van der Waals surface area contributed by atoms with Crippen molar-refractivity contribution in [3.05, 3.63) is 33.4 Å². The Labute approximate surface area is 116 Å². The Kier molecular flexibility index (Phi) is 3.64. The average molecular weight is 276 g/mol. The predicted octanol–water partition coefficient (Wildman–Crippen LogP) is 2.33. The van der Waals surface area contributed by atoms with Gasteiger partial charge in [0.25, 0.3) is 0 Å². The van der Waals surface area contributed by atoms with Crippen LogP contribution >= 0.6 is 0 Å². The minimum atomic E-state index is -0.397. The van der Waals surface area contributed by atoms with Gasteiger partial charge in [0, 0.05) is 31.1 Å². The molecule has 3 rings (SSSR count). The highest BCUT2D eigenvalue weighted by atomic mass is 16.6. The van der Waals surface area contributed by atoms with Crippen LogP contribution in [0.3, 0.4) is 0 Å². The van der Waals surface area contributed by atoms with Crippen LogP contribution in [0.4, 0.5) is 5.69 Å². The van der Waals surface area contributed by atoms with E-state index in [2.05, 4.69) is 4.99 Å². The van der Waals surface area contributed by atoms with Gasteiger partial charge in [-0.3, -0.25) is 15.1 Å². The van der Waals surface area contributed by atoms with Gasteiger partial charge in [0.1, 0.15) is 0 Å². The lowest BCUT2D eigenvalue weighted by atomic mass is 10.0. The third-order valence-electron chi connectivity index (χ3n) is 3.72. The molecule has 6 nitrogen and oxygen atoms in total. The summed E-state index contributed by atoms with van der Waals surface area (Å²) in [5.74, 6) is 0.763. The van der Waals surface area contributed by atoms with Gasteiger partial charge in [-0.2, -0.15) is 0 Å². The SMILES string of the molecule is O=[N+]([O-])c1cc2c(cc1OCC1CCOCC1)CN=C2. The van der Waals surface area contributed by atoms with Crippen molar-refractivity contribution in [3.63, 3.8) is 0 Å². The molecule has 0 N–H and O–H groups in total. The second-order valence-corrected chi connectivity index (χ2v) is 5.11. The standard InChI is InChI=1S/C14H16N2O4/c17-16(18)13-5-11-7-15-8-12(11)6-14(13)20-9-10-1-3-19-4-2-10/h5-7,10H,1-4,8-9H2. The number of ether oxygens (including phenoxy) is 2. The first-order valence-corrected chi connectivity index (χ1v) is 6.76. The van der Waals surface area contributed by atoms with E-state index in [9.17, 15) is 10.1 Å². The van der Waals surface area contributed by atoms with E-state index < -0.39 is 4.92 Å². The molecule has 106 valence electrons. The zero-order valence-electron chi connectivity index (χ0n) is 11.1. The van der Waals surface area contributed by atoms with E-state index in [-0.39, 0.29) is 5.69 Å². The van der Waals surface area contributed by atoms with Crippen molar-refractivity contribution in [3.8, 4) is 5.75 Å². The maximum Gasteiger partial charge on any atom is 0.311 e. The van der Waals surface area contributed by atoms with Gasteiger partial charge in [-0.15, -0.1) is 0 Å². The number of fused-ring (bicyclic) bond motifs is 1. The molecule has 0 aliphatic carbocycles. The van der Waals surface area contributed by atoms with Gasteiger partial charge in [-0.1, -0.05) is 0 Å². The fourth-order valence-corrected chi connectivity index (χ4v) is 2.51. The predicted molar refractivity (Wildman–Crippen MR) is 73.4 cm³/mol. The van der Waals surface area contributed by atoms with Crippen molar-refractivity contribution in [2.45, 2.75) is 19.4 Å². The van der Waals surface area contributed by atoms with Crippen LogP contribution in [-0.2, 0) is 11.3 Å². The monoisotopic (exact) mass is 276 g/mol. The molecule has 2 aliphatic rings. The quantitative estimate of drug-likeness (QED) is 0.625. The van der Waals surface area contributed by atoms with E-state index in [1.807, 2.05) is 0 Å². The van der Waals surface area contributed by atoms with Gasteiger partial charge in [0.2, 0.25) is 0 Å². The molecule has 1 aromatic rings. The number of aliphatic imine (C=N–C) groups is 1. The topological polar surface area (TPSA) is 74.0 Å². The lowest BCUT2D eigenvalue weighted by molar-refractivity contribution is -0.385. The molecule has 0 spiro atoms. The normalized spacial score (nSPS) is 18.0. The van der Waals surface area contributed by atoms with Crippen LogP contribution in [0, 0.1) is 16.0 Å². The van der Waals surface area contributed by atoms with Crippen LogP contribution < -0.4 is 4.74 Å². The molecule has 0 atom stereocenters. The number of rotatable bonds is 4. The molecule has 6 heteroatoms. The molecule has 2 heterocycles. The minimum absolute atomic E-state index is 0.0177. The third-order valence-corrected chi connectivity index (χ3v) is 3.72. The minimum Gasteiger partial charge on any atom is -0.487 e. The molecule has 0 unspecified atom stereocenters. The molecular weight excluding hydrogens is 260 g/mol. The van der Waals surface area contributed by atoms with Crippen molar-refractivity contribution in [1.82, 2.24) is 0 Å². The lowest BCUT2D eigenvalue weighted by Gasteiger charge is -2.22. The Morgan fingerprint density at radius 3 is 2.95 bits per heavy atom. The number of hydrogen-bond acceptors (Lipinski definition) is 5. The van der Waals surface area contributed by atoms with Crippen molar-refractivity contribution in [2.24, 2.45) is 10.9 Å². The van der Waals surface area contributed by atoms with Gasteiger partial charge < -0.3 is 9.47 Å². The van der Waals surface area contributed by atoms with Crippen LogP contribution in [0.5, 0.6) is 5.75 Å². The molecule has 0 radical (unpaired) electrons. The third kappa shape index (κ3) is 2.65. The van der Waals surface area contributed by atoms with Gasteiger partial charge in [0.15, 0.2) is 5.75 Å². The fourth-order valence-electron chi connectivity index (χ4n) is 2.51. The number of hydrogen-bond donors (Lipinski definition) is 0. The first-order valence-electron chi connectivity index (χ1n) is 6.76. The number of nitro groups is 1. The van der Waals surface area contributed by atoms with Crippen molar-refractivity contribution in [1.29, 1.82) is 0 Å². The maximum atomic E-state index is 11.1. The summed E-state index contributed by atoms with van der Waals surface area (Å²) in [4.78, 5) is 14.9. The number of benzene rings is 1. The van der Waals surface area contributed by atoms with Gasteiger partial charge in [-0.05, 0) is 30.4 Å². The van der Waals surface area contributed by atoms with Gasteiger partial charge >= 0.3 is 5.69 Å². The molecular formula is C14H16N2O4. The van der Waals surface area contributed by atoms with E-state index >= 15 is 0 Å². The van der Waals surface area contributed by atoms with Crippen molar-refractivity contribution >= 4 is 11.9 Å². The van der Waals surface area contributed by atoms with Gasteiger partial charge in [-0.25, -0.2) is 0 Å². The van der Waals surface area contributed by atoms with E-state index in [4.69, 9.17) is 9.47 Å². The molecule has 0 saturated carbocycles. The summed E-state index contributed by atoms with van der Waals surface area (Å²) in [6.07, 6.45) is 3.56. The van der Waals surface area contributed by atoms with E-state index in [0.29, 0.717) is 24.8 Å². The van der Waals surface area contributed by atoms with Crippen LogP contribution in [0.25, 0.3) is 0 Å². The summed E-state index contributed by atoms with van der Waals surface area (Å²) in [5.41, 5.74) is 1.82. The molecule has 20 heavy (non-hydrogen) atoms. The Morgan fingerprint density at radius 1 is 1.40 bits per heavy atom. The highest BCUT2D eigenvalue weighted by Crippen LogP contribution is 2.33. The second-order valence-electron chi connectivity index (χ2n) is 5.11. The second kappa shape index (κ2) is 5.58. The molecule has 1 aromatic carbocycles. The zero-order valence-corrected chi connectivity index (χ0v) is 11.1. The Balaban J connectivity index is 1.76. The fraction of sp³-hybridized carbons (Fsp3) is 0.500.